The van der Waals surface area contributed by atoms with Crippen molar-refractivity contribution in [2.45, 2.75) is 44.1 Å². The van der Waals surface area contributed by atoms with Gasteiger partial charge in [0, 0.05) is 5.92 Å². The first-order valence-electron chi connectivity index (χ1n) is 5.50. The van der Waals surface area contributed by atoms with Crippen molar-refractivity contribution in [1.29, 1.82) is 0 Å². The van der Waals surface area contributed by atoms with Crippen LogP contribution in [0.1, 0.15) is 38.5 Å². The van der Waals surface area contributed by atoms with Gasteiger partial charge in [-0.05, 0) is 44.4 Å². The maximum Gasteiger partial charge on any atom is 0.316 e. The van der Waals surface area contributed by atoms with E-state index in [9.17, 15) is 4.79 Å². The summed E-state index contributed by atoms with van der Waals surface area (Å²) in [6.45, 7) is 0. The Balaban J connectivity index is 1.77. The summed E-state index contributed by atoms with van der Waals surface area (Å²) in [5.74, 6) is 1.74. The Kier molecular flexibility index (Phi) is 0.879. The van der Waals surface area contributed by atoms with E-state index >= 15 is 0 Å². The Morgan fingerprint density at radius 2 is 2.15 bits per heavy atom. The molecule has 2 heteroatoms. The fourth-order valence-electron chi connectivity index (χ4n) is 4.23. The van der Waals surface area contributed by atoms with Crippen LogP contribution in [0.3, 0.4) is 0 Å². The molecule has 4 rings (SSSR count). The summed E-state index contributed by atoms with van der Waals surface area (Å²) in [4.78, 5) is 11.4. The van der Waals surface area contributed by atoms with Gasteiger partial charge in [0.05, 0.1) is 0 Å². The van der Waals surface area contributed by atoms with Gasteiger partial charge in [0.1, 0.15) is 11.0 Å². The van der Waals surface area contributed by atoms with Crippen LogP contribution in [-0.2, 0) is 9.53 Å². The molecule has 1 heterocycles. The van der Waals surface area contributed by atoms with E-state index < -0.39 is 0 Å². The van der Waals surface area contributed by atoms with Gasteiger partial charge in [-0.15, -0.1) is 0 Å². The van der Waals surface area contributed by atoms with Crippen molar-refractivity contribution in [2.24, 2.45) is 17.3 Å². The summed E-state index contributed by atoms with van der Waals surface area (Å²) in [7, 11) is 0. The number of hydrogen-bond donors (Lipinski definition) is 0. The number of esters is 1. The number of carbonyl (C=O) groups is 1. The lowest BCUT2D eigenvalue weighted by Gasteiger charge is -2.51. The molecule has 13 heavy (non-hydrogen) atoms. The Morgan fingerprint density at radius 1 is 1.31 bits per heavy atom. The monoisotopic (exact) mass is 178 g/mol. The highest BCUT2D eigenvalue weighted by molar-refractivity contribution is 5.88. The zero-order valence-corrected chi connectivity index (χ0v) is 7.71. The van der Waals surface area contributed by atoms with Crippen LogP contribution in [0.15, 0.2) is 0 Å². The minimum atomic E-state index is 0.0484. The molecule has 3 unspecified atom stereocenters. The van der Waals surface area contributed by atoms with Crippen LogP contribution >= 0.6 is 0 Å². The summed E-state index contributed by atoms with van der Waals surface area (Å²) < 4.78 is 5.56. The van der Waals surface area contributed by atoms with Gasteiger partial charge in [0.15, 0.2) is 0 Å². The number of hydrogen-bond acceptors (Lipinski definition) is 2. The van der Waals surface area contributed by atoms with E-state index in [0.29, 0.717) is 0 Å². The van der Waals surface area contributed by atoms with Gasteiger partial charge in [0.25, 0.3) is 0 Å². The molecule has 0 aromatic carbocycles. The average Bonchev–Trinajstić information content (AvgIpc) is 2.77. The molecular weight excluding hydrogens is 164 g/mol. The third kappa shape index (κ3) is 0.520. The van der Waals surface area contributed by atoms with Crippen LogP contribution in [0, 0.1) is 17.3 Å². The highest BCUT2D eigenvalue weighted by Crippen LogP contribution is 2.73. The van der Waals surface area contributed by atoms with Gasteiger partial charge < -0.3 is 4.74 Å². The second kappa shape index (κ2) is 1.67. The molecule has 2 nitrogen and oxygen atoms in total. The second-order valence-electron chi connectivity index (χ2n) is 5.44. The van der Waals surface area contributed by atoms with Crippen LogP contribution in [0.2, 0.25) is 0 Å². The molecule has 3 atom stereocenters. The molecule has 3 saturated carbocycles. The SMILES string of the molecule is O=C1OC2(CC3CCC2C3)C12CC2. The van der Waals surface area contributed by atoms with Crippen LogP contribution in [0.4, 0.5) is 0 Å². The highest BCUT2D eigenvalue weighted by Gasteiger charge is 2.80. The van der Waals surface area contributed by atoms with E-state index in [-0.39, 0.29) is 17.0 Å². The van der Waals surface area contributed by atoms with Gasteiger partial charge in [-0.1, -0.05) is 0 Å². The molecule has 0 N–H and O–H groups in total. The Bertz CT molecular complexity index is 305. The van der Waals surface area contributed by atoms with Crippen LogP contribution < -0.4 is 0 Å². The molecule has 0 amide bonds. The molecular formula is C11H14O2. The van der Waals surface area contributed by atoms with Gasteiger partial charge in [-0.3, -0.25) is 4.79 Å². The van der Waals surface area contributed by atoms with Crippen molar-refractivity contribution < 1.29 is 9.53 Å². The molecule has 4 aliphatic rings. The van der Waals surface area contributed by atoms with E-state index in [1.807, 2.05) is 0 Å². The summed E-state index contributed by atoms with van der Waals surface area (Å²) in [5, 5.41) is 0. The summed E-state index contributed by atoms with van der Waals surface area (Å²) in [5.41, 5.74) is 0.111. The Labute approximate surface area is 77.6 Å². The van der Waals surface area contributed by atoms with Crippen LogP contribution in [0.25, 0.3) is 0 Å². The highest BCUT2D eigenvalue weighted by atomic mass is 16.6. The molecule has 0 aromatic heterocycles. The largest absolute Gasteiger partial charge is 0.457 e. The first-order chi connectivity index (χ1) is 6.27. The lowest BCUT2D eigenvalue weighted by atomic mass is 9.68. The maximum atomic E-state index is 11.4. The topological polar surface area (TPSA) is 26.3 Å². The van der Waals surface area contributed by atoms with Crippen molar-refractivity contribution in [3.63, 3.8) is 0 Å². The van der Waals surface area contributed by atoms with Crippen molar-refractivity contribution in [3.05, 3.63) is 0 Å². The third-order valence-electron chi connectivity index (χ3n) is 5.02. The first-order valence-corrected chi connectivity index (χ1v) is 5.50. The summed E-state index contributed by atoms with van der Waals surface area (Å²) >= 11 is 0. The molecule has 1 aliphatic heterocycles. The van der Waals surface area contributed by atoms with Gasteiger partial charge in [-0.2, -0.15) is 0 Å². The van der Waals surface area contributed by atoms with Gasteiger partial charge in [0.2, 0.25) is 0 Å². The standard InChI is InChI=1S/C11H14O2/c12-9-10(3-4-10)11(13-9)6-7-1-2-8(11)5-7/h7-8H,1-6H2. The molecule has 3 aliphatic carbocycles. The molecule has 1 saturated heterocycles. The molecule has 2 spiro atoms. The van der Waals surface area contributed by atoms with Crippen LogP contribution in [0.5, 0.6) is 0 Å². The Hall–Kier alpha value is -0.530. The maximum absolute atomic E-state index is 11.4. The molecule has 2 bridgehead atoms. The predicted octanol–water partition coefficient (Wildman–Crippen LogP) is 1.88. The van der Waals surface area contributed by atoms with Crippen LogP contribution in [-0.4, -0.2) is 11.6 Å². The number of ether oxygens (including phenoxy) is 1. The second-order valence-corrected chi connectivity index (χ2v) is 5.44. The minimum Gasteiger partial charge on any atom is -0.457 e. The normalized spacial score (nSPS) is 54.0. The Morgan fingerprint density at radius 3 is 2.62 bits per heavy atom. The lowest BCUT2D eigenvalue weighted by Crippen LogP contribution is -2.62. The molecule has 70 valence electrons. The van der Waals surface area contributed by atoms with Gasteiger partial charge >= 0.3 is 5.97 Å². The van der Waals surface area contributed by atoms with E-state index in [2.05, 4.69) is 0 Å². The predicted molar refractivity (Wildman–Crippen MR) is 45.9 cm³/mol. The molecule has 4 fully saturated rings. The third-order valence-corrected chi connectivity index (χ3v) is 5.02. The van der Waals surface area contributed by atoms with Crippen molar-refractivity contribution in [3.8, 4) is 0 Å². The number of carbonyl (C=O) groups excluding carboxylic acids is 1. The summed E-state index contributed by atoms with van der Waals surface area (Å²) in [6, 6.07) is 0. The van der Waals surface area contributed by atoms with Crippen molar-refractivity contribution in [1.82, 2.24) is 0 Å². The van der Waals surface area contributed by atoms with E-state index in [0.717, 1.165) is 24.7 Å². The van der Waals surface area contributed by atoms with Gasteiger partial charge in [-0.25, -0.2) is 0 Å². The zero-order chi connectivity index (χ0) is 8.68. The first kappa shape index (κ1) is 6.86. The molecule has 0 radical (unpaired) electrons. The quantitative estimate of drug-likeness (QED) is 0.529. The van der Waals surface area contributed by atoms with E-state index in [4.69, 9.17) is 4.74 Å². The summed E-state index contributed by atoms with van der Waals surface area (Å²) in [6.07, 6.45) is 7.49. The number of rotatable bonds is 0. The smallest absolute Gasteiger partial charge is 0.316 e. The van der Waals surface area contributed by atoms with E-state index in [1.54, 1.807) is 0 Å². The zero-order valence-electron chi connectivity index (χ0n) is 7.71. The average molecular weight is 178 g/mol. The van der Waals surface area contributed by atoms with Crippen molar-refractivity contribution >= 4 is 5.97 Å². The number of fused-ring (bicyclic) bond motifs is 4. The fourth-order valence-corrected chi connectivity index (χ4v) is 4.23. The lowest BCUT2D eigenvalue weighted by molar-refractivity contribution is -0.233. The van der Waals surface area contributed by atoms with Crippen molar-refractivity contribution in [2.75, 3.05) is 0 Å². The van der Waals surface area contributed by atoms with E-state index in [1.165, 1.54) is 25.7 Å². The minimum absolute atomic E-state index is 0.0484. The molecule has 0 aromatic rings. The fraction of sp³-hybridized carbons (Fsp3) is 0.909.